The fraction of sp³-hybridized carbons (Fsp3) is 0.647. The lowest BCUT2D eigenvalue weighted by Gasteiger charge is -2.33. The molecule has 3 unspecified atom stereocenters. The first-order valence-corrected chi connectivity index (χ1v) is 7.57. The maximum Gasteiger partial charge on any atom is 0.391 e. The molecule has 1 saturated carbocycles. The molecule has 0 amide bonds. The van der Waals surface area contributed by atoms with Crippen LogP contribution in [0.2, 0.25) is 0 Å². The summed E-state index contributed by atoms with van der Waals surface area (Å²) < 4.78 is 38.5. The summed E-state index contributed by atoms with van der Waals surface area (Å²) in [6.45, 7) is 3.98. The van der Waals surface area contributed by atoms with Crippen LogP contribution in [-0.4, -0.2) is 17.4 Å². The fourth-order valence-corrected chi connectivity index (χ4v) is 3.47. The zero-order valence-corrected chi connectivity index (χ0v) is 12.6. The quantitative estimate of drug-likeness (QED) is 0.866. The van der Waals surface area contributed by atoms with Crippen LogP contribution in [0, 0.1) is 25.7 Å². The van der Waals surface area contributed by atoms with E-state index in [0.717, 1.165) is 16.7 Å². The van der Waals surface area contributed by atoms with Gasteiger partial charge in [-0.05, 0) is 51.0 Å². The number of rotatable bonds is 3. The van der Waals surface area contributed by atoms with E-state index in [1.807, 2.05) is 26.0 Å². The average Bonchev–Trinajstić information content (AvgIpc) is 2.36. The van der Waals surface area contributed by atoms with Crippen molar-refractivity contribution in [3.8, 4) is 0 Å². The van der Waals surface area contributed by atoms with Gasteiger partial charge in [-0.1, -0.05) is 35.7 Å². The van der Waals surface area contributed by atoms with Crippen molar-refractivity contribution in [3.05, 3.63) is 34.9 Å². The zero-order valence-electron chi connectivity index (χ0n) is 12.6. The van der Waals surface area contributed by atoms with Crippen molar-refractivity contribution in [1.82, 2.24) is 0 Å². The standard InChI is InChI=1S/C17H23F3O/c1-11-6-12(2)8-13(7-11)9-16(21)14-4-3-5-15(10-14)17(18,19)20/h6-8,14-16,21H,3-5,9-10H2,1-2H3. The molecule has 1 aromatic carbocycles. The van der Waals surface area contributed by atoms with Gasteiger partial charge < -0.3 is 5.11 Å². The van der Waals surface area contributed by atoms with Crippen molar-refractivity contribution in [3.63, 3.8) is 0 Å². The van der Waals surface area contributed by atoms with Gasteiger partial charge >= 0.3 is 6.18 Å². The van der Waals surface area contributed by atoms with Crippen LogP contribution in [0.5, 0.6) is 0 Å². The molecule has 3 atom stereocenters. The zero-order chi connectivity index (χ0) is 15.6. The van der Waals surface area contributed by atoms with Crippen LogP contribution in [0.4, 0.5) is 13.2 Å². The minimum atomic E-state index is -4.13. The number of benzene rings is 1. The lowest BCUT2D eigenvalue weighted by atomic mass is 9.77. The van der Waals surface area contributed by atoms with E-state index < -0.39 is 18.2 Å². The molecule has 0 aliphatic heterocycles. The summed E-state index contributed by atoms with van der Waals surface area (Å²) >= 11 is 0. The van der Waals surface area contributed by atoms with E-state index in [9.17, 15) is 18.3 Å². The first-order valence-electron chi connectivity index (χ1n) is 7.57. The van der Waals surface area contributed by atoms with Gasteiger partial charge in [0, 0.05) is 0 Å². The molecule has 0 heterocycles. The summed E-state index contributed by atoms with van der Waals surface area (Å²) in [4.78, 5) is 0. The smallest absolute Gasteiger partial charge is 0.391 e. The number of aliphatic hydroxyl groups excluding tert-OH is 1. The monoisotopic (exact) mass is 300 g/mol. The molecule has 1 fully saturated rings. The third kappa shape index (κ3) is 4.47. The van der Waals surface area contributed by atoms with E-state index in [2.05, 4.69) is 6.07 Å². The Morgan fingerprint density at radius 1 is 1.14 bits per heavy atom. The summed E-state index contributed by atoms with van der Waals surface area (Å²) in [5, 5.41) is 10.3. The molecule has 0 bridgehead atoms. The van der Waals surface area contributed by atoms with Crippen molar-refractivity contribution >= 4 is 0 Å². The van der Waals surface area contributed by atoms with E-state index in [1.165, 1.54) is 0 Å². The minimum Gasteiger partial charge on any atom is -0.392 e. The number of hydrogen-bond acceptors (Lipinski definition) is 1. The molecule has 2 rings (SSSR count). The molecule has 0 saturated heterocycles. The Kier molecular flexibility index (Phi) is 4.97. The minimum absolute atomic E-state index is 0.0649. The molecule has 0 spiro atoms. The number of alkyl halides is 3. The molecule has 1 aliphatic rings. The van der Waals surface area contributed by atoms with Crippen LogP contribution in [0.3, 0.4) is 0 Å². The number of aryl methyl sites for hydroxylation is 2. The van der Waals surface area contributed by atoms with Crippen LogP contribution < -0.4 is 0 Å². The molecule has 118 valence electrons. The molecular weight excluding hydrogens is 277 g/mol. The second-order valence-corrected chi connectivity index (χ2v) is 6.43. The highest BCUT2D eigenvalue weighted by Gasteiger charge is 2.43. The Bertz CT molecular complexity index is 461. The van der Waals surface area contributed by atoms with Gasteiger partial charge in [0.15, 0.2) is 0 Å². The van der Waals surface area contributed by atoms with E-state index in [-0.39, 0.29) is 18.8 Å². The molecule has 1 aliphatic carbocycles. The Labute approximate surface area is 124 Å². The lowest BCUT2D eigenvalue weighted by Crippen LogP contribution is -2.34. The largest absolute Gasteiger partial charge is 0.392 e. The highest BCUT2D eigenvalue weighted by atomic mass is 19.4. The first-order chi connectivity index (χ1) is 9.75. The van der Waals surface area contributed by atoms with Gasteiger partial charge in [0.05, 0.1) is 12.0 Å². The maximum atomic E-state index is 12.8. The third-order valence-electron chi connectivity index (χ3n) is 4.45. The van der Waals surface area contributed by atoms with Gasteiger partial charge in [-0.15, -0.1) is 0 Å². The normalized spacial score (nSPS) is 24.9. The van der Waals surface area contributed by atoms with E-state index in [1.54, 1.807) is 0 Å². The predicted molar refractivity (Wildman–Crippen MR) is 77.1 cm³/mol. The van der Waals surface area contributed by atoms with Gasteiger partial charge in [0.1, 0.15) is 0 Å². The summed E-state index contributed by atoms with van der Waals surface area (Å²) in [5.41, 5.74) is 3.25. The Morgan fingerprint density at radius 3 is 2.33 bits per heavy atom. The van der Waals surface area contributed by atoms with Gasteiger partial charge in [0.25, 0.3) is 0 Å². The van der Waals surface area contributed by atoms with E-state index in [4.69, 9.17) is 0 Å². The first kappa shape index (κ1) is 16.3. The predicted octanol–water partition coefficient (Wildman–Crippen LogP) is 4.58. The highest BCUT2D eigenvalue weighted by molar-refractivity contribution is 5.29. The van der Waals surface area contributed by atoms with Crippen LogP contribution in [0.25, 0.3) is 0 Å². The van der Waals surface area contributed by atoms with Crippen molar-refractivity contribution in [2.45, 2.75) is 58.2 Å². The third-order valence-corrected chi connectivity index (χ3v) is 4.45. The molecule has 21 heavy (non-hydrogen) atoms. The van der Waals surface area contributed by atoms with Gasteiger partial charge in [-0.3, -0.25) is 0 Å². The SMILES string of the molecule is Cc1cc(C)cc(CC(O)C2CCCC(C(F)(F)F)C2)c1. The molecule has 0 radical (unpaired) electrons. The second kappa shape index (κ2) is 6.39. The summed E-state index contributed by atoms with van der Waals surface area (Å²) in [7, 11) is 0. The van der Waals surface area contributed by atoms with Gasteiger partial charge in [-0.25, -0.2) is 0 Å². The maximum absolute atomic E-state index is 12.8. The van der Waals surface area contributed by atoms with E-state index in [0.29, 0.717) is 19.3 Å². The van der Waals surface area contributed by atoms with Crippen molar-refractivity contribution in [2.75, 3.05) is 0 Å². The topological polar surface area (TPSA) is 20.2 Å². The van der Waals surface area contributed by atoms with Crippen LogP contribution in [-0.2, 0) is 6.42 Å². The average molecular weight is 300 g/mol. The Hall–Kier alpha value is -1.03. The Morgan fingerprint density at radius 2 is 1.76 bits per heavy atom. The molecule has 0 aromatic heterocycles. The highest BCUT2D eigenvalue weighted by Crippen LogP contribution is 2.41. The summed E-state index contributed by atoms with van der Waals surface area (Å²) in [6, 6.07) is 6.05. The van der Waals surface area contributed by atoms with Crippen LogP contribution in [0.15, 0.2) is 18.2 Å². The van der Waals surface area contributed by atoms with E-state index >= 15 is 0 Å². The van der Waals surface area contributed by atoms with Gasteiger partial charge in [-0.2, -0.15) is 13.2 Å². The van der Waals surface area contributed by atoms with Crippen LogP contribution in [0.1, 0.15) is 42.4 Å². The molecular formula is C17H23F3O. The molecule has 4 heteroatoms. The molecule has 1 N–H and O–H groups in total. The Balaban J connectivity index is 2.01. The molecule has 1 nitrogen and oxygen atoms in total. The fourth-order valence-electron chi connectivity index (χ4n) is 3.47. The van der Waals surface area contributed by atoms with Crippen molar-refractivity contribution < 1.29 is 18.3 Å². The number of aliphatic hydroxyl groups is 1. The summed E-state index contributed by atoms with van der Waals surface area (Å²) in [6.07, 6.45) is -2.85. The molecule has 1 aromatic rings. The number of halogens is 3. The number of hydrogen-bond donors (Lipinski definition) is 1. The van der Waals surface area contributed by atoms with Gasteiger partial charge in [0.2, 0.25) is 0 Å². The van der Waals surface area contributed by atoms with Crippen LogP contribution >= 0.6 is 0 Å². The lowest BCUT2D eigenvalue weighted by molar-refractivity contribution is -0.188. The van der Waals surface area contributed by atoms with Crippen molar-refractivity contribution in [2.24, 2.45) is 11.8 Å². The summed E-state index contributed by atoms with van der Waals surface area (Å²) in [5.74, 6) is -1.49. The van der Waals surface area contributed by atoms with Crippen molar-refractivity contribution in [1.29, 1.82) is 0 Å². The second-order valence-electron chi connectivity index (χ2n) is 6.43.